The van der Waals surface area contributed by atoms with E-state index in [9.17, 15) is 9.18 Å². The molecule has 0 aliphatic carbocycles. The van der Waals surface area contributed by atoms with Crippen LogP contribution in [0.1, 0.15) is 21.5 Å². The number of halogens is 1. The zero-order valence-electron chi connectivity index (χ0n) is 20.4. The average Bonchev–Trinajstić information content (AvgIpc) is 2.90. The van der Waals surface area contributed by atoms with Gasteiger partial charge in [0.25, 0.3) is 5.91 Å². The largest absolute Gasteiger partial charge is 0.384 e. The van der Waals surface area contributed by atoms with Gasteiger partial charge in [-0.1, -0.05) is 12.1 Å². The molecule has 0 bridgehead atoms. The molecule has 0 unspecified atom stereocenters. The van der Waals surface area contributed by atoms with Crippen molar-refractivity contribution in [3.05, 3.63) is 83.4 Å². The third-order valence-electron chi connectivity index (χ3n) is 6.93. The Balaban J connectivity index is 1.08. The molecule has 0 atom stereocenters. The Bertz CT molecular complexity index is 1160. The molecule has 1 amide bonds. The summed E-state index contributed by atoms with van der Waals surface area (Å²) in [5.41, 5.74) is 8.86. The minimum atomic E-state index is -0.312. The molecule has 9 heteroatoms. The number of aromatic nitrogens is 2. The number of hydrogen-bond acceptors (Lipinski definition) is 7. The zero-order chi connectivity index (χ0) is 24.9. The molecular formula is C27H32FN7O. The second-order valence-electron chi connectivity index (χ2n) is 9.45. The average molecular weight is 490 g/mol. The summed E-state index contributed by atoms with van der Waals surface area (Å²) >= 11 is 0. The number of piperazine rings is 2. The summed E-state index contributed by atoms with van der Waals surface area (Å²) in [7, 11) is 0. The van der Waals surface area contributed by atoms with E-state index in [0.29, 0.717) is 18.9 Å². The van der Waals surface area contributed by atoms with Crippen LogP contribution in [0.15, 0.2) is 60.9 Å². The van der Waals surface area contributed by atoms with Gasteiger partial charge in [-0.3, -0.25) is 14.6 Å². The molecule has 0 saturated carbocycles. The highest BCUT2D eigenvalue weighted by molar-refractivity contribution is 5.94. The van der Waals surface area contributed by atoms with Crippen molar-refractivity contribution < 1.29 is 9.18 Å². The van der Waals surface area contributed by atoms with Crippen molar-refractivity contribution >= 4 is 17.5 Å². The van der Waals surface area contributed by atoms with Crippen molar-refractivity contribution in [2.45, 2.75) is 13.1 Å². The number of pyridine rings is 2. The first-order chi connectivity index (χ1) is 17.5. The SMILES string of the molecule is Nc1cc(CN2CCN(C(=O)c3ccc(CN4CCN(c5ccc(F)cn5)CC4)cc3)CC2)ccn1. The molecule has 2 aliphatic heterocycles. The molecule has 2 fully saturated rings. The van der Waals surface area contributed by atoms with Gasteiger partial charge in [0.15, 0.2) is 0 Å². The number of carbonyl (C=O) groups is 1. The fourth-order valence-corrected chi connectivity index (χ4v) is 4.84. The maximum Gasteiger partial charge on any atom is 0.253 e. The summed E-state index contributed by atoms with van der Waals surface area (Å²) in [5, 5.41) is 0. The Hall–Kier alpha value is -3.56. The van der Waals surface area contributed by atoms with E-state index in [4.69, 9.17) is 5.73 Å². The van der Waals surface area contributed by atoms with Crippen LogP contribution in [0.25, 0.3) is 0 Å². The molecule has 0 spiro atoms. The Labute approximate surface area is 211 Å². The van der Waals surface area contributed by atoms with Crippen LogP contribution >= 0.6 is 0 Å². The van der Waals surface area contributed by atoms with Crippen LogP contribution in [0.5, 0.6) is 0 Å². The van der Waals surface area contributed by atoms with Crippen LogP contribution in [-0.4, -0.2) is 82.9 Å². The van der Waals surface area contributed by atoms with Gasteiger partial charge in [-0.05, 0) is 47.5 Å². The predicted molar refractivity (Wildman–Crippen MR) is 138 cm³/mol. The summed E-state index contributed by atoms with van der Waals surface area (Å²) in [5.74, 6) is 1.14. The topological polar surface area (TPSA) is 81.8 Å². The zero-order valence-corrected chi connectivity index (χ0v) is 20.4. The van der Waals surface area contributed by atoms with E-state index in [1.165, 1.54) is 17.8 Å². The maximum atomic E-state index is 13.1. The molecule has 2 aliphatic rings. The lowest BCUT2D eigenvalue weighted by Gasteiger charge is -2.35. The predicted octanol–water partition coefficient (Wildman–Crippen LogP) is 2.48. The highest BCUT2D eigenvalue weighted by Crippen LogP contribution is 2.17. The molecule has 36 heavy (non-hydrogen) atoms. The summed E-state index contributed by atoms with van der Waals surface area (Å²) in [6, 6.07) is 15.1. The Morgan fingerprint density at radius 2 is 1.47 bits per heavy atom. The van der Waals surface area contributed by atoms with Crippen molar-refractivity contribution in [2.24, 2.45) is 0 Å². The standard InChI is InChI=1S/C27H32FN7O/c28-24-5-6-26(31-18-24)34-13-9-32(10-14-34)19-21-1-3-23(4-2-21)27(36)35-15-11-33(12-16-35)20-22-7-8-30-25(29)17-22/h1-8,17-18H,9-16,19-20H2,(H2,29,30). The number of anilines is 2. The van der Waals surface area contributed by atoms with E-state index in [0.717, 1.165) is 69.3 Å². The quantitative estimate of drug-likeness (QED) is 0.570. The van der Waals surface area contributed by atoms with Gasteiger partial charge in [-0.2, -0.15) is 0 Å². The fraction of sp³-hybridized carbons (Fsp3) is 0.370. The first kappa shape index (κ1) is 24.1. The van der Waals surface area contributed by atoms with Crippen LogP contribution in [-0.2, 0) is 13.1 Å². The van der Waals surface area contributed by atoms with Crippen LogP contribution < -0.4 is 10.6 Å². The molecule has 2 N–H and O–H groups in total. The number of amides is 1. The number of benzene rings is 1. The van der Waals surface area contributed by atoms with Gasteiger partial charge < -0.3 is 15.5 Å². The van der Waals surface area contributed by atoms with Gasteiger partial charge in [0.2, 0.25) is 0 Å². The first-order valence-electron chi connectivity index (χ1n) is 12.4. The second-order valence-corrected chi connectivity index (χ2v) is 9.45. The monoisotopic (exact) mass is 489 g/mol. The molecule has 4 heterocycles. The number of rotatable bonds is 6. The smallest absolute Gasteiger partial charge is 0.253 e. The third-order valence-corrected chi connectivity index (χ3v) is 6.93. The number of nitrogen functional groups attached to an aromatic ring is 1. The lowest BCUT2D eigenvalue weighted by molar-refractivity contribution is 0.0628. The molecule has 8 nitrogen and oxygen atoms in total. The lowest BCUT2D eigenvalue weighted by Crippen LogP contribution is -2.48. The van der Waals surface area contributed by atoms with Gasteiger partial charge in [0.1, 0.15) is 17.5 Å². The van der Waals surface area contributed by atoms with Crippen molar-refractivity contribution in [1.82, 2.24) is 24.7 Å². The summed E-state index contributed by atoms with van der Waals surface area (Å²) in [6.07, 6.45) is 3.00. The van der Waals surface area contributed by atoms with Crippen LogP contribution in [0.4, 0.5) is 16.0 Å². The third kappa shape index (κ3) is 5.98. The number of hydrogen-bond donors (Lipinski definition) is 1. The van der Waals surface area contributed by atoms with Crippen molar-refractivity contribution in [2.75, 3.05) is 63.0 Å². The second kappa shape index (κ2) is 11.0. The molecule has 5 rings (SSSR count). The van der Waals surface area contributed by atoms with E-state index in [1.807, 2.05) is 29.2 Å². The van der Waals surface area contributed by atoms with Crippen molar-refractivity contribution in [3.63, 3.8) is 0 Å². The Morgan fingerprint density at radius 1 is 0.806 bits per heavy atom. The van der Waals surface area contributed by atoms with E-state index in [-0.39, 0.29) is 11.7 Å². The number of nitrogens with two attached hydrogens (primary N) is 1. The highest BCUT2D eigenvalue weighted by Gasteiger charge is 2.23. The number of nitrogens with zero attached hydrogens (tertiary/aromatic N) is 6. The van der Waals surface area contributed by atoms with Crippen LogP contribution in [0.3, 0.4) is 0 Å². The van der Waals surface area contributed by atoms with Gasteiger partial charge >= 0.3 is 0 Å². The molecule has 188 valence electrons. The van der Waals surface area contributed by atoms with E-state index < -0.39 is 0 Å². The van der Waals surface area contributed by atoms with Crippen LogP contribution in [0.2, 0.25) is 0 Å². The molecule has 2 saturated heterocycles. The molecular weight excluding hydrogens is 457 g/mol. The molecule has 1 aromatic carbocycles. The highest BCUT2D eigenvalue weighted by atomic mass is 19.1. The summed E-state index contributed by atoms with van der Waals surface area (Å²) in [4.78, 5) is 30.1. The van der Waals surface area contributed by atoms with Crippen molar-refractivity contribution in [3.8, 4) is 0 Å². The minimum absolute atomic E-state index is 0.0924. The van der Waals surface area contributed by atoms with E-state index in [1.54, 1.807) is 12.3 Å². The van der Waals surface area contributed by atoms with Gasteiger partial charge in [0, 0.05) is 77.2 Å². The van der Waals surface area contributed by atoms with Gasteiger partial charge in [-0.25, -0.2) is 14.4 Å². The van der Waals surface area contributed by atoms with Gasteiger partial charge in [-0.15, -0.1) is 0 Å². The maximum absolute atomic E-state index is 13.1. The van der Waals surface area contributed by atoms with E-state index in [2.05, 4.69) is 36.8 Å². The lowest BCUT2D eigenvalue weighted by atomic mass is 10.1. The molecule has 3 aromatic rings. The van der Waals surface area contributed by atoms with Crippen LogP contribution in [0, 0.1) is 5.82 Å². The minimum Gasteiger partial charge on any atom is -0.384 e. The first-order valence-corrected chi connectivity index (χ1v) is 12.4. The summed E-state index contributed by atoms with van der Waals surface area (Å²) < 4.78 is 13.1. The molecule has 2 aromatic heterocycles. The summed E-state index contributed by atoms with van der Waals surface area (Å²) in [6.45, 7) is 8.31. The number of carbonyl (C=O) groups excluding carboxylic acids is 1. The van der Waals surface area contributed by atoms with Gasteiger partial charge in [0.05, 0.1) is 6.20 Å². The molecule has 0 radical (unpaired) electrons. The normalized spacial score (nSPS) is 17.4. The Morgan fingerprint density at radius 3 is 2.11 bits per heavy atom. The van der Waals surface area contributed by atoms with Crippen molar-refractivity contribution in [1.29, 1.82) is 0 Å². The van der Waals surface area contributed by atoms with E-state index >= 15 is 0 Å². The Kier molecular flexibility index (Phi) is 7.39. The fourth-order valence-electron chi connectivity index (χ4n) is 4.84.